The Kier molecular flexibility index (Phi) is 4.30. The summed E-state index contributed by atoms with van der Waals surface area (Å²) in [6.45, 7) is 9.82. The lowest BCUT2D eigenvalue weighted by atomic mass is 10.1. The highest BCUT2D eigenvalue weighted by atomic mass is 19.1. The van der Waals surface area contributed by atoms with E-state index in [1.165, 1.54) is 6.07 Å². The molecule has 3 heteroatoms. The van der Waals surface area contributed by atoms with E-state index < -0.39 is 0 Å². The standard InChI is InChI=1S/C13H21FN2/c1-10-11(14)6-5-7-12(10)15-8-9-16-13(2,3)4/h5-7,15-16H,8-9H2,1-4H3. The van der Waals surface area contributed by atoms with Gasteiger partial charge in [-0.1, -0.05) is 6.07 Å². The van der Waals surface area contributed by atoms with Crippen LogP contribution in [-0.4, -0.2) is 18.6 Å². The maximum atomic E-state index is 13.2. The van der Waals surface area contributed by atoms with Crippen LogP contribution in [0.2, 0.25) is 0 Å². The molecule has 0 saturated carbocycles. The van der Waals surface area contributed by atoms with Crippen LogP contribution in [0.4, 0.5) is 10.1 Å². The highest BCUT2D eigenvalue weighted by Crippen LogP contribution is 2.16. The van der Waals surface area contributed by atoms with Crippen molar-refractivity contribution in [3.63, 3.8) is 0 Å². The summed E-state index contributed by atoms with van der Waals surface area (Å²) >= 11 is 0. The predicted molar refractivity (Wildman–Crippen MR) is 67.4 cm³/mol. The smallest absolute Gasteiger partial charge is 0.128 e. The van der Waals surface area contributed by atoms with E-state index in [1.807, 2.05) is 6.07 Å². The van der Waals surface area contributed by atoms with Gasteiger partial charge in [0.25, 0.3) is 0 Å². The lowest BCUT2D eigenvalue weighted by molar-refractivity contribution is 0.435. The van der Waals surface area contributed by atoms with Crippen LogP contribution in [0.1, 0.15) is 26.3 Å². The van der Waals surface area contributed by atoms with Gasteiger partial charge in [0.05, 0.1) is 0 Å². The summed E-state index contributed by atoms with van der Waals surface area (Å²) in [5.74, 6) is -0.159. The average Bonchev–Trinajstić information content (AvgIpc) is 2.17. The Balaban J connectivity index is 2.41. The van der Waals surface area contributed by atoms with Crippen LogP contribution >= 0.6 is 0 Å². The van der Waals surface area contributed by atoms with E-state index in [-0.39, 0.29) is 11.4 Å². The molecule has 0 unspecified atom stereocenters. The summed E-state index contributed by atoms with van der Waals surface area (Å²) in [7, 11) is 0. The molecule has 0 amide bonds. The van der Waals surface area contributed by atoms with Gasteiger partial charge in [-0.15, -0.1) is 0 Å². The Bertz CT molecular complexity index is 342. The van der Waals surface area contributed by atoms with Gasteiger partial charge in [0.1, 0.15) is 5.82 Å². The number of nitrogens with one attached hydrogen (secondary N) is 2. The van der Waals surface area contributed by atoms with Crippen molar-refractivity contribution in [1.29, 1.82) is 0 Å². The van der Waals surface area contributed by atoms with Crippen molar-refractivity contribution in [3.05, 3.63) is 29.6 Å². The number of halogens is 1. The molecule has 0 bridgehead atoms. The van der Waals surface area contributed by atoms with Crippen molar-refractivity contribution >= 4 is 5.69 Å². The maximum absolute atomic E-state index is 13.2. The van der Waals surface area contributed by atoms with Crippen molar-refractivity contribution in [1.82, 2.24) is 5.32 Å². The molecule has 0 fully saturated rings. The fraction of sp³-hybridized carbons (Fsp3) is 0.538. The van der Waals surface area contributed by atoms with E-state index in [2.05, 4.69) is 31.4 Å². The van der Waals surface area contributed by atoms with Crippen LogP contribution < -0.4 is 10.6 Å². The van der Waals surface area contributed by atoms with E-state index >= 15 is 0 Å². The minimum Gasteiger partial charge on any atom is -0.383 e. The average molecular weight is 224 g/mol. The molecule has 0 aromatic heterocycles. The highest BCUT2D eigenvalue weighted by molar-refractivity contribution is 5.50. The van der Waals surface area contributed by atoms with Gasteiger partial charge in [-0.3, -0.25) is 0 Å². The molecular weight excluding hydrogens is 203 g/mol. The Morgan fingerprint density at radius 3 is 2.50 bits per heavy atom. The van der Waals surface area contributed by atoms with Crippen molar-refractivity contribution in [2.45, 2.75) is 33.2 Å². The molecule has 90 valence electrons. The monoisotopic (exact) mass is 224 g/mol. The molecule has 0 atom stereocenters. The highest BCUT2D eigenvalue weighted by Gasteiger charge is 2.07. The summed E-state index contributed by atoms with van der Waals surface area (Å²) < 4.78 is 13.2. The molecule has 0 aliphatic rings. The van der Waals surface area contributed by atoms with E-state index in [9.17, 15) is 4.39 Å². The number of rotatable bonds is 4. The molecule has 1 aromatic carbocycles. The second-order valence-electron chi connectivity index (χ2n) is 5.02. The van der Waals surface area contributed by atoms with Gasteiger partial charge in [0.15, 0.2) is 0 Å². The Labute approximate surface area is 97.3 Å². The molecule has 0 radical (unpaired) electrons. The fourth-order valence-corrected chi connectivity index (χ4v) is 1.43. The second kappa shape index (κ2) is 5.30. The van der Waals surface area contributed by atoms with Crippen LogP contribution in [0.3, 0.4) is 0 Å². The Morgan fingerprint density at radius 1 is 1.19 bits per heavy atom. The third-order valence-electron chi connectivity index (χ3n) is 2.36. The number of benzene rings is 1. The van der Waals surface area contributed by atoms with E-state index in [4.69, 9.17) is 0 Å². The van der Waals surface area contributed by atoms with Gasteiger partial charge in [-0.05, 0) is 39.8 Å². The summed E-state index contributed by atoms with van der Waals surface area (Å²) in [4.78, 5) is 0. The van der Waals surface area contributed by atoms with Crippen molar-refractivity contribution < 1.29 is 4.39 Å². The maximum Gasteiger partial charge on any atom is 0.128 e. The van der Waals surface area contributed by atoms with Gasteiger partial charge in [0.2, 0.25) is 0 Å². The molecule has 0 saturated heterocycles. The molecule has 2 N–H and O–H groups in total. The Hall–Kier alpha value is -1.09. The summed E-state index contributed by atoms with van der Waals surface area (Å²) in [6, 6.07) is 5.10. The first kappa shape index (κ1) is 13.0. The van der Waals surface area contributed by atoms with Crippen molar-refractivity contribution in [2.75, 3.05) is 18.4 Å². The summed E-state index contributed by atoms with van der Waals surface area (Å²) in [5.41, 5.74) is 1.67. The first-order chi connectivity index (χ1) is 7.40. The quantitative estimate of drug-likeness (QED) is 0.768. The number of hydrogen-bond donors (Lipinski definition) is 2. The summed E-state index contributed by atoms with van der Waals surface area (Å²) in [6.07, 6.45) is 0. The third kappa shape index (κ3) is 4.19. The molecule has 16 heavy (non-hydrogen) atoms. The van der Waals surface area contributed by atoms with Gasteiger partial charge in [0, 0.05) is 29.9 Å². The zero-order chi connectivity index (χ0) is 12.2. The Morgan fingerprint density at radius 2 is 1.88 bits per heavy atom. The molecular formula is C13H21FN2. The van der Waals surface area contributed by atoms with Gasteiger partial charge >= 0.3 is 0 Å². The van der Waals surface area contributed by atoms with Crippen LogP contribution in [0.25, 0.3) is 0 Å². The SMILES string of the molecule is Cc1c(F)cccc1NCCNC(C)(C)C. The molecule has 1 rings (SSSR count). The summed E-state index contributed by atoms with van der Waals surface area (Å²) in [5, 5.41) is 6.59. The zero-order valence-corrected chi connectivity index (χ0v) is 10.5. The lowest BCUT2D eigenvalue weighted by Gasteiger charge is -2.21. The minimum absolute atomic E-state index is 0.124. The van der Waals surface area contributed by atoms with E-state index in [1.54, 1.807) is 13.0 Å². The molecule has 0 heterocycles. The predicted octanol–water partition coefficient (Wildman–Crippen LogP) is 2.93. The van der Waals surface area contributed by atoms with E-state index in [0.29, 0.717) is 5.56 Å². The zero-order valence-electron chi connectivity index (χ0n) is 10.5. The largest absolute Gasteiger partial charge is 0.383 e. The van der Waals surface area contributed by atoms with Crippen LogP contribution in [0, 0.1) is 12.7 Å². The van der Waals surface area contributed by atoms with Gasteiger partial charge in [-0.2, -0.15) is 0 Å². The van der Waals surface area contributed by atoms with Crippen molar-refractivity contribution in [3.8, 4) is 0 Å². The normalized spacial score (nSPS) is 11.6. The molecule has 0 aliphatic heterocycles. The fourth-order valence-electron chi connectivity index (χ4n) is 1.43. The van der Waals surface area contributed by atoms with Crippen LogP contribution in [0.15, 0.2) is 18.2 Å². The molecule has 0 spiro atoms. The molecule has 2 nitrogen and oxygen atoms in total. The topological polar surface area (TPSA) is 24.1 Å². The van der Waals surface area contributed by atoms with Gasteiger partial charge in [-0.25, -0.2) is 4.39 Å². The van der Waals surface area contributed by atoms with Gasteiger partial charge < -0.3 is 10.6 Å². The van der Waals surface area contributed by atoms with E-state index in [0.717, 1.165) is 18.8 Å². The third-order valence-corrected chi connectivity index (χ3v) is 2.36. The van der Waals surface area contributed by atoms with Crippen LogP contribution in [-0.2, 0) is 0 Å². The lowest BCUT2D eigenvalue weighted by Crippen LogP contribution is -2.38. The number of hydrogen-bond acceptors (Lipinski definition) is 2. The minimum atomic E-state index is -0.159. The first-order valence-electron chi connectivity index (χ1n) is 5.64. The van der Waals surface area contributed by atoms with Crippen LogP contribution in [0.5, 0.6) is 0 Å². The molecule has 0 aliphatic carbocycles. The molecule has 1 aromatic rings. The second-order valence-corrected chi connectivity index (χ2v) is 5.02. The number of anilines is 1. The van der Waals surface area contributed by atoms with Crippen molar-refractivity contribution in [2.24, 2.45) is 0 Å². The first-order valence-corrected chi connectivity index (χ1v) is 5.64.